The van der Waals surface area contributed by atoms with E-state index in [0.29, 0.717) is 16.5 Å². The van der Waals surface area contributed by atoms with Gasteiger partial charge in [-0.15, -0.1) is 0 Å². The molecule has 0 amide bonds. The van der Waals surface area contributed by atoms with E-state index >= 15 is 0 Å². The zero-order valence-corrected chi connectivity index (χ0v) is 15.7. The van der Waals surface area contributed by atoms with Crippen molar-refractivity contribution < 1.29 is 18.3 Å². The van der Waals surface area contributed by atoms with Crippen molar-refractivity contribution in [1.82, 2.24) is 4.57 Å². The van der Waals surface area contributed by atoms with Gasteiger partial charge in [-0.3, -0.25) is 4.79 Å². The van der Waals surface area contributed by atoms with Gasteiger partial charge in [-0.1, -0.05) is 56.3 Å². The minimum atomic E-state index is -4.84. The minimum absolute atomic E-state index is 0.271. The Kier molecular flexibility index (Phi) is 5.10. The molecule has 2 aromatic carbocycles. The predicted molar refractivity (Wildman–Crippen MR) is 103 cm³/mol. The molecule has 3 nitrogen and oxygen atoms in total. The Bertz CT molecular complexity index is 1030. The quantitative estimate of drug-likeness (QED) is 0.690. The molecule has 0 fully saturated rings. The highest BCUT2D eigenvalue weighted by Crippen LogP contribution is 2.42. The number of hydrogen-bond donors (Lipinski definition) is 1. The van der Waals surface area contributed by atoms with E-state index in [1.165, 1.54) is 16.8 Å². The number of aromatic nitrogens is 1. The van der Waals surface area contributed by atoms with Gasteiger partial charge in [0.25, 0.3) is 0 Å². The molecule has 1 unspecified atom stereocenters. The first-order valence-electron chi connectivity index (χ1n) is 8.96. The summed E-state index contributed by atoms with van der Waals surface area (Å²) in [4.78, 5) is 12.0. The lowest BCUT2D eigenvalue weighted by molar-refractivity contribution is -0.271. The lowest BCUT2D eigenvalue weighted by atomic mass is 9.75. The number of benzene rings is 2. The fraction of sp³-hybridized carbons (Fsp3) is 0.318. The smallest absolute Gasteiger partial charge is 0.379 e. The fourth-order valence-electron chi connectivity index (χ4n) is 3.65. The standard InChI is InChI=1S/C22H22F3NO2/c1-20(2,16-8-4-3-5-9-16)14-21(28,22(23,24)25)15-26-13-12-19(27)17-10-6-7-11-18(17)26/h3-13,28H,14-15H2,1-2H3. The monoisotopic (exact) mass is 389 g/mol. The van der Waals surface area contributed by atoms with Crippen LogP contribution in [0.5, 0.6) is 0 Å². The first-order valence-corrected chi connectivity index (χ1v) is 8.96. The van der Waals surface area contributed by atoms with Gasteiger partial charge in [0.05, 0.1) is 12.1 Å². The molecule has 6 heteroatoms. The predicted octanol–water partition coefficient (Wildman–Crippen LogP) is 4.66. The summed E-state index contributed by atoms with van der Waals surface area (Å²) in [6.45, 7) is 2.67. The van der Waals surface area contributed by atoms with Gasteiger partial charge in [0.1, 0.15) is 0 Å². The molecule has 0 radical (unpaired) electrons. The highest BCUT2D eigenvalue weighted by atomic mass is 19.4. The highest BCUT2D eigenvalue weighted by Gasteiger charge is 2.56. The van der Waals surface area contributed by atoms with Crippen LogP contribution < -0.4 is 5.43 Å². The molecular weight excluding hydrogens is 367 g/mol. The number of fused-ring (bicyclic) bond motifs is 1. The summed E-state index contributed by atoms with van der Waals surface area (Å²) in [5, 5.41) is 11.1. The number of pyridine rings is 1. The van der Waals surface area contributed by atoms with Crippen LogP contribution in [0.15, 0.2) is 71.7 Å². The largest absolute Gasteiger partial charge is 0.418 e. The number of hydrogen-bond acceptors (Lipinski definition) is 2. The van der Waals surface area contributed by atoms with Gasteiger partial charge < -0.3 is 9.67 Å². The number of rotatable bonds is 5. The molecule has 3 aromatic rings. The number of aliphatic hydroxyl groups is 1. The molecule has 0 bridgehead atoms. The summed E-state index contributed by atoms with van der Waals surface area (Å²) in [6, 6.07) is 16.5. The van der Waals surface area contributed by atoms with Crippen LogP contribution >= 0.6 is 0 Å². The Morgan fingerprint density at radius 3 is 2.18 bits per heavy atom. The number of alkyl halides is 3. The van der Waals surface area contributed by atoms with Crippen molar-refractivity contribution in [2.45, 2.75) is 44.0 Å². The third kappa shape index (κ3) is 3.83. The summed E-state index contributed by atoms with van der Waals surface area (Å²) in [5.74, 6) is 0. The van der Waals surface area contributed by atoms with Crippen LogP contribution in [0.3, 0.4) is 0 Å². The average molecular weight is 389 g/mol. The first-order chi connectivity index (χ1) is 13.0. The third-order valence-electron chi connectivity index (χ3n) is 5.13. The Morgan fingerprint density at radius 2 is 1.54 bits per heavy atom. The molecule has 28 heavy (non-hydrogen) atoms. The first kappa shape index (κ1) is 20.1. The van der Waals surface area contributed by atoms with Crippen molar-refractivity contribution in [3.05, 3.63) is 82.6 Å². The van der Waals surface area contributed by atoms with Crippen molar-refractivity contribution >= 4 is 10.9 Å². The van der Waals surface area contributed by atoms with Gasteiger partial charge in [-0.25, -0.2) is 0 Å². The van der Waals surface area contributed by atoms with Crippen LogP contribution in [0.4, 0.5) is 13.2 Å². The third-order valence-corrected chi connectivity index (χ3v) is 5.13. The van der Waals surface area contributed by atoms with Gasteiger partial charge in [-0.05, 0) is 29.5 Å². The average Bonchev–Trinajstić information content (AvgIpc) is 2.64. The summed E-state index contributed by atoms with van der Waals surface area (Å²) < 4.78 is 43.3. The van der Waals surface area contributed by atoms with Gasteiger partial charge in [0, 0.05) is 17.6 Å². The van der Waals surface area contributed by atoms with Crippen molar-refractivity contribution in [3.63, 3.8) is 0 Å². The summed E-state index contributed by atoms with van der Waals surface area (Å²) in [6.07, 6.45) is -4.06. The van der Waals surface area contributed by atoms with Crippen LogP contribution in [0.1, 0.15) is 25.8 Å². The molecule has 1 N–H and O–H groups in total. The molecule has 1 atom stereocenters. The van der Waals surface area contributed by atoms with Crippen LogP contribution in [0.25, 0.3) is 10.9 Å². The summed E-state index contributed by atoms with van der Waals surface area (Å²) in [5.41, 5.74) is -3.09. The lowest BCUT2D eigenvalue weighted by Crippen LogP contribution is -2.52. The zero-order valence-electron chi connectivity index (χ0n) is 15.7. The normalized spacial score (nSPS) is 14.8. The Labute approximate surface area is 161 Å². The van der Waals surface area contributed by atoms with Gasteiger partial charge in [0.2, 0.25) is 0 Å². The van der Waals surface area contributed by atoms with Crippen LogP contribution in [0.2, 0.25) is 0 Å². The van der Waals surface area contributed by atoms with Crippen molar-refractivity contribution in [1.29, 1.82) is 0 Å². The van der Waals surface area contributed by atoms with E-state index in [9.17, 15) is 23.1 Å². The fourth-order valence-corrected chi connectivity index (χ4v) is 3.65. The van der Waals surface area contributed by atoms with Crippen LogP contribution in [-0.4, -0.2) is 21.5 Å². The highest BCUT2D eigenvalue weighted by molar-refractivity contribution is 5.78. The number of para-hydroxylation sites is 1. The van der Waals surface area contributed by atoms with Gasteiger partial charge >= 0.3 is 6.18 Å². The lowest BCUT2D eigenvalue weighted by Gasteiger charge is -2.38. The summed E-state index contributed by atoms with van der Waals surface area (Å²) in [7, 11) is 0. The maximum Gasteiger partial charge on any atom is 0.418 e. The Hall–Kier alpha value is -2.60. The Morgan fingerprint density at radius 1 is 0.929 bits per heavy atom. The van der Waals surface area contributed by atoms with E-state index in [-0.39, 0.29) is 5.43 Å². The van der Waals surface area contributed by atoms with Gasteiger partial charge in [-0.2, -0.15) is 13.2 Å². The molecule has 0 aliphatic carbocycles. The van der Waals surface area contributed by atoms with E-state index in [2.05, 4.69) is 0 Å². The van der Waals surface area contributed by atoms with E-state index < -0.39 is 30.2 Å². The van der Waals surface area contributed by atoms with E-state index in [1.807, 2.05) is 0 Å². The SMILES string of the molecule is CC(C)(CC(O)(Cn1ccc(=O)c2ccccc21)C(F)(F)F)c1ccccc1. The molecular formula is C22H22F3NO2. The van der Waals surface area contributed by atoms with Crippen molar-refractivity contribution in [3.8, 4) is 0 Å². The zero-order chi connectivity index (χ0) is 20.6. The molecule has 0 aliphatic rings. The van der Waals surface area contributed by atoms with E-state index in [0.717, 1.165) is 0 Å². The molecule has 0 saturated carbocycles. The molecule has 0 aliphatic heterocycles. The topological polar surface area (TPSA) is 42.2 Å². The molecule has 3 rings (SSSR count). The number of halogens is 3. The van der Waals surface area contributed by atoms with E-state index in [4.69, 9.17) is 0 Å². The molecule has 0 spiro atoms. The molecule has 1 heterocycles. The van der Waals surface area contributed by atoms with Crippen molar-refractivity contribution in [2.75, 3.05) is 0 Å². The second-order valence-electron chi connectivity index (χ2n) is 7.78. The molecule has 1 aromatic heterocycles. The molecule has 148 valence electrons. The minimum Gasteiger partial charge on any atom is -0.379 e. The second kappa shape index (κ2) is 7.09. The van der Waals surface area contributed by atoms with E-state index in [1.54, 1.807) is 68.4 Å². The van der Waals surface area contributed by atoms with Crippen LogP contribution in [0, 0.1) is 0 Å². The van der Waals surface area contributed by atoms with Crippen molar-refractivity contribution in [2.24, 2.45) is 0 Å². The maximum absolute atomic E-state index is 14.0. The Balaban J connectivity index is 2.04. The maximum atomic E-state index is 14.0. The summed E-state index contributed by atoms with van der Waals surface area (Å²) >= 11 is 0. The van der Waals surface area contributed by atoms with Gasteiger partial charge in [0.15, 0.2) is 11.0 Å². The molecule has 0 saturated heterocycles. The second-order valence-corrected chi connectivity index (χ2v) is 7.78. The number of nitrogens with zero attached hydrogens (tertiary/aromatic N) is 1. The van der Waals surface area contributed by atoms with Crippen LogP contribution in [-0.2, 0) is 12.0 Å².